The van der Waals surface area contributed by atoms with Crippen molar-refractivity contribution < 1.29 is 29.1 Å². The van der Waals surface area contributed by atoms with E-state index in [1.165, 1.54) is 4.90 Å². The van der Waals surface area contributed by atoms with Crippen LogP contribution in [-0.4, -0.2) is 31.8 Å². The summed E-state index contributed by atoms with van der Waals surface area (Å²) in [6.07, 6.45) is 0.190. The van der Waals surface area contributed by atoms with Crippen LogP contribution in [0.3, 0.4) is 0 Å². The number of hydrogen-bond donors (Lipinski definition) is 1. The Morgan fingerprint density at radius 2 is 1.88 bits per heavy atom. The SMILES string of the molecule is COc1ccc(N2C(=O)CC([NH2+]Cc3ccc4c(c3)OCO4)C2=O)cc1. The number of benzene rings is 2. The summed E-state index contributed by atoms with van der Waals surface area (Å²) in [5.74, 6) is 1.74. The zero-order chi connectivity index (χ0) is 18.1. The van der Waals surface area contributed by atoms with Gasteiger partial charge in [0.1, 0.15) is 12.3 Å². The molecule has 2 heterocycles. The maximum absolute atomic E-state index is 12.7. The minimum Gasteiger partial charge on any atom is -0.497 e. The third-order valence-electron chi connectivity index (χ3n) is 4.59. The van der Waals surface area contributed by atoms with Crippen LogP contribution < -0.4 is 24.4 Å². The average Bonchev–Trinajstić information content (AvgIpc) is 3.23. The Balaban J connectivity index is 1.43. The molecule has 2 aromatic carbocycles. The van der Waals surface area contributed by atoms with E-state index in [0.29, 0.717) is 23.7 Å². The predicted octanol–water partition coefficient (Wildman–Crippen LogP) is 0.819. The van der Waals surface area contributed by atoms with Crippen LogP contribution in [0, 0.1) is 0 Å². The number of hydrogen-bond acceptors (Lipinski definition) is 5. The first-order valence-corrected chi connectivity index (χ1v) is 8.38. The van der Waals surface area contributed by atoms with Crippen LogP contribution in [0.25, 0.3) is 0 Å². The highest BCUT2D eigenvalue weighted by atomic mass is 16.7. The first-order chi connectivity index (χ1) is 12.7. The molecular weight excluding hydrogens is 336 g/mol. The molecule has 134 valence electrons. The first-order valence-electron chi connectivity index (χ1n) is 8.38. The Morgan fingerprint density at radius 1 is 1.12 bits per heavy atom. The smallest absolute Gasteiger partial charge is 0.292 e. The van der Waals surface area contributed by atoms with Crippen LogP contribution in [0.4, 0.5) is 5.69 Å². The molecule has 2 aliphatic rings. The Hall–Kier alpha value is -3.06. The van der Waals surface area contributed by atoms with Gasteiger partial charge in [-0.3, -0.25) is 9.59 Å². The highest BCUT2D eigenvalue weighted by molar-refractivity contribution is 6.21. The lowest BCUT2D eigenvalue weighted by Crippen LogP contribution is -2.90. The number of fused-ring (bicyclic) bond motifs is 1. The number of carbonyl (C=O) groups excluding carboxylic acids is 2. The van der Waals surface area contributed by atoms with Crippen molar-refractivity contribution in [2.24, 2.45) is 0 Å². The molecule has 0 bridgehead atoms. The monoisotopic (exact) mass is 355 g/mol. The third-order valence-corrected chi connectivity index (χ3v) is 4.59. The van der Waals surface area contributed by atoms with Crippen molar-refractivity contribution in [3.8, 4) is 17.2 Å². The first kappa shape index (κ1) is 16.4. The van der Waals surface area contributed by atoms with E-state index >= 15 is 0 Å². The van der Waals surface area contributed by atoms with E-state index in [2.05, 4.69) is 0 Å². The van der Waals surface area contributed by atoms with Gasteiger partial charge in [0, 0.05) is 5.56 Å². The number of amides is 2. The molecule has 2 aromatic rings. The number of carbonyl (C=O) groups is 2. The van der Waals surface area contributed by atoms with Crippen LogP contribution in [0.1, 0.15) is 12.0 Å². The highest BCUT2D eigenvalue weighted by Crippen LogP contribution is 2.32. The summed E-state index contributed by atoms with van der Waals surface area (Å²) in [6.45, 7) is 0.811. The van der Waals surface area contributed by atoms with E-state index in [1.807, 2.05) is 23.5 Å². The van der Waals surface area contributed by atoms with Crippen LogP contribution in [0.2, 0.25) is 0 Å². The summed E-state index contributed by atoms with van der Waals surface area (Å²) in [6, 6.07) is 12.2. The average molecular weight is 355 g/mol. The van der Waals surface area contributed by atoms with Gasteiger partial charge < -0.3 is 19.5 Å². The second-order valence-corrected chi connectivity index (χ2v) is 6.20. The standard InChI is InChI=1S/C19H18N2O5/c1-24-14-5-3-13(4-6-14)21-18(22)9-15(19(21)23)20-10-12-2-7-16-17(8-12)26-11-25-16/h2-8,15,20H,9-11H2,1H3/p+1. The molecule has 2 N–H and O–H groups in total. The van der Waals surface area contributed by atoms with Crippen LogP contribution >= 0.6 is 0 Å². The Bertz CT molecular complexity index is 850. The van der Waals surface area contributed by atoms with Gasteiger partial charge in [0.2, 0.25) is 12.7 Å². The topological polar surface area (TPSA) is 81.7 Å². The molecule has 26 heavy (non-hydrogen) atoms. The quantitative estimate of drug-likeness (QED) is 0.803. The summed E-state index contributed by atoms with van der Waals surface area (Å²) in [5.41, 5.74) is 1.58. The molecule has 0 radical (unpaired) electrons. The van der Waals surface area contributed by atoms with Crippen LogP contribution in [0.5, 0.6) is 17.2 Å². The summed E-state index contributed by atoms with van der Waals surface area (Å²) in [5, 5.41) is 1.89. The van der Waals surface area contributed by atoms with E-state index in [1.54, 1.807) is 31.4 Å². The molecule has 0 aromatic heterocycles. The number of rotatable bonds is 5. The number of quaternary nitrogens is 1. The van der Waals surface area contributed by atoms with Gasteiger partial charge in [-0.1, -0.05) is 0 Å². The number of imide groups is 1. The van der Waals surface area contributed by atoms with Gasteiger partial charge in [-0.2, -0.15) is 0 Å². The number of nitrogens with zero attached hydrogens (tertiary/aromatic N) is 1. The minimum absolute atomic E-state index is 0.188. The summed E-state index contributed by atoms with van der Waals surface area (Å²) in [7, 11) is 1.57. The maximum atomic E-state index is 12.7. The van der Waals surface area contributed by atoms with E-state index < -0.39 is 6.04 Å². The normalized spacial score (nSPS) is 18.5. The van der Waals surface area contributed by atoms with Crippen molar-refractivity contribution in [1.29, 1.82) is 0 Å². The fraction of sp³-hybridized carbons (Fsp3) is 0.263. The van der Waals surface area contributed by atoms with Crippen molar-refractivity contribution in [2.75, 3.05) is 18.8 Å². The largest absolute Gasteiger partial charge is 0.497 e. The molecule has 1 saturated heterocycles. The molecule has 1 unspecified atom stereocenters. The lowest BCUT2D eigenvalue weighted by atomic mass is 10.1. The number of nitrogens with two attached hydrogens (primary N) is 1. The number of ether oxygens (including phenoxy) is 3. The van der Waals surface area contributed by atoms with E-state index in [-0.39, 0.29) is 25.0 Å². The van der Waals surface area contributed by atoms with Gasteiger partial charge in [-0.25, -0.2) is 4.90 Å². The van der Waals surface area contributed by atoms with Crippen molar-refractivity contribution in [2.45, 2.75) is 19.0 Å². The van der Waals surface area contributed by atoms with Crippen molar-refractivity contribution in [3.63, 3.8) is 0 Å². The zero-order valence-corrected chi connectivity index (χ0v) is 14.3. The second-order valence-electron chi connectivity index (χ2n) is 6.20. The predicted molar refractivity (Wildman–Crippen MR) is 92.1 cm³/mol. The van der Waals surface area contributed by atoms with E-state index in [4.69, 9.17) is 14.2 Å². The van der Waals surface area contributed by atoms with Gasteiger partial charge in [0.25, 0.3) is 5.91 Å². The van der Waals surface area contributed by atoms with Gasteiger partial charge in [0.15, 0.2) is 17.5 Å². The fourth-order valence-electron chi connectivity index (χ4n) is 3.19. The van der Waals surface area contributed by atoms with Crippen molar-refractivity contribution in [3.05, 3.63) is 48.0 Å². The molecule has 2 aliphatic heterocycles. The van der Waals surface area contributed by atoms with Crippen molar-refractivity contribution in [1.82, 2.24) is 0 Å². The summed E-state index contributed by atoms with van der Waals surface area (Å²) < 4.78 is 15.8. The fourth-order valence-corrected chi connectivity index (χ4v) is 3.19. The molecule has 0 aliphatic carbocycles. The summed E-state index contributed by atoms with van der Waals surface area (Å²) in [4.78, 5) is 26.3. The third kappa shape index (κ3) is 2.97. The molecule has 1 fully saturated rings. The van der Waals surface area contributed by atoms with Crippen LogP contribution in [-0.2, 0) is 16.1 Å². The van der Waals surface area contributed by atoms with Gasteiger partial charge in [-0.05, 0) is 42.5 Å². The number of methoxy groups -OCH3 is 1. The van der Waals surface area contributed by atoms with E-state index in [0.717, 1.165) is 11.3 Å². The molecule has 0 spiro atoms. The minimum atomic E-state index is -0.421. The van der Waals surface area contributed by atoms with Gasteiger partial charge in [-0.15, -0.1) is 0 Å². The second kappa shape index (κ2) is 6.68. The lowest BCUT2D eigenvalue weighted by molar-refractivity contribution is -0.690. The number of anilines is 1. The lowest BCUT2D eigenvalue weighted by Gasteiger charge is -2.14. The maximum Gasteiger partial charge on any atom is 0.292 e. The van der Waals surface area contributed by atoms with Gasteiger partial charge in [0.05, 0.1) is 19.2 Å². The molecule has 7 nitrogen and oxygen atoms in total. The molecule has 2 amide bonds. The van der Waals surface area contributed by atoms with Crippen LogP contribution in [0.15, 0.2) is 42.5 Å². The highest BCUT2D eigenvalue weighted by Gasteiger charge is 2.42. The molecule has 1 atom stereocenters. The Kier molecular flexibility index (Phi) is 4.22. The molecule has 7 heteroatoms. The summed E-state index contributed by atoms with van der Waals surface area (Å²) >= 11 is 0. The Labute approximate surface area is 150 Å². The molecule has 0 saturated carbocycles. The zero-order valence-electron chi connectivity index (χ0n) is 14.3. The van der Waals surface area contributed by atoms with Gasteiger partial charge >= 0.3 is 0 Å². The molecule has 4 rings (SSSR count). The van der Waals surface area contributed by atoms with E-state index in [9.17, 15) is 9.59 Å². The van der Waals surface area contributed by atoms with Crippen molar-refractivity contribution >= 4 is 17.5 Å². The molecular formula is C19H19N2O5+. The Morgan fingerprint density at radius 3 is 2.65 bits per heavy atom.